The molecule has 154 valence electrons. The largest absolute Gasteiger partial charge is 0.491 e. The summed E-state index contributed by atoms with van der Waals surface area (Å²) in [5, 5.41) is 27.8. The predicted octanol–water partition coefficient (Wildman–Crippen LogP) is 3.01. The molecule has 0 radical (unpaired) electrons. The van der Waals surface area contributed by atoms with E-state index in [-0.39, 0.29) is 31.1 Å². The zero-order chi connectivity index (χ0) is 20.7. The summed E-state index contributed by atoms with van der Waals surface area (Å²) in [4.78, 5) is 0.658. The van der Waals surface area contributed by atoms with Gasteiger partial charge in [-0.25, -0.2) is 0 Å². The van der Waals surface area contributed by atoms with Gasteiger partial charge in [0.1, 0.15) is 36.9 Å². The summed E-state index contributed by atoms with van der Waals surface area (Å²) in [7, 11) is 0. The molecule has 0 spiro atoms. The lowest BCUT2D eigenvalue weighted by atomic mass is 9.78. The molecule has 0 aliphatic heterocycles. The molecular formula is C21H27ClO5S. The second-order valence-electron chi connectivity index (χ2n) is 7.10. The highest BCUT2D eigenvalue weighted by atomic mass is 35.5. The van der Waals surface area contributed by atoms with Crippen molar-refractivity contribution >= 4 is 24.2 Å². The molecule has 3 N–H and O–H groups in total. The molecule has 0 aliphatic rings. The minimum atomic E-state index is -0.921. The molecule has 0 saturated heterocycles. The second-order valence-corrected chi connectivity index (χ2v) is 7.89. The third kappa shape index (κ3) is 6.03. The first-order valence-corrected chi connectivity index (χ1v) is 9.98. The van der Waals surface area contributed by atoms with Crippen molar-refractivity contribution < 1.29 is 24.8 Å². The Bertz CT molecular complexity index is 751. The van der Waals surface area contributed by atoms with Gasteiger partial charge in [0.25, 0.3) is 0 Å². The Morgan fingerprint density at radius 1 is 0.964 bits per heavy atom. The molecule has 0 saturated carbocycles. The molecule has 28 heavy (non-hydrogen) atoms. The Labute approximate surface area is 176 Å². The molecule has 5 nitrogen and oxygen atoms in total. The van der Waals surface area contributed by atoms with Gasteiger partial charge in [-0.3, -0.25) is 0 Å². The lowest BCUT2D eigenvalue weighted by Gasteiger charge is -2.27. The van der Waals surface area contributed by atoms with Gasteiger partial charge in [0.05, 0.1) is 12.5 Å². The quantitative estimate of drug-likeness (QED) is 0.347. The normalized spacial score (nSPS) is 13.8. The highest BCUT2D eigenvalue weighted by Crippen LogP contribution is 2.36. The Hall–Kier alpha value is -1.44. The van der Waals surface area contributed by atoms with Crippen LogP contribution in [-0.2, 0) is 5.41 Å². The van der Waals surface area contributed by atoms with E-state index < -0.39 is 12.2 Å². The van der Waals surface area contributed by atoms with Crippen molar-refractivity contribution in [2.24, 2.45) is 0 Å². The molecule has 7 heteroatoms. The number of thiol groups is 1. The lowest BCUT2D eigenvalue weighted by molar-refractivity contribution is 0.0527. The van der Waals surface area contributed by atoms with Crippen molar-refractivity contribution in [2.45, 2.75) is 36.4 Å². The van der Waals surface area contributed by atoms with Crippen molar-refractivity contribution in [3.8, 4) is 11.5 Å². The Kier molecular flexibility index (Phi) is 8.46. The van der Waals surface area contributed by atoms with E-state index in [1.807, 2.05) is 42.5 Å². The zero-order valence-electron chi connectivity index (χ0n) is 16.0. The summed E-state index contributed by atoms with van der Waals surface area (Å²) in [6, 6.07) is 13.4. The van der Waals surface area contributed by atoms with Gasteiger partial charge in [0, 0.05) is 10.3 Å². The van der Waals surface area contributed by atoms with Crippen molar-refractivity contribution in [3.05, 3.63) is 53.6 Å². The van der Waals surface area contributed by atoms with Crippen LogP contribution in [-0.4, -0.2) is 53.2 Å². The molecule has 2 aromatic rings. The Balaban J connectivity index is 2.11. The third-order valence-corrected chi connectivity index (χ3v) is 5.22. The number of hydrogen-bond donors (Lipinski definition) is 4. The third-order valence-electron chi connectivity index (χ3n) is 4.52. The molecule has 2 unspecified atom stereocenters. The van der Waals surface area contributed by atoms with Gasteiger partial charge >= 0.3 is 0 Å². The van der Waals surface area contributed by atoms with Gasteiger partial charge in [-0.1, -0.05) is 32.0 Å². The molecule has 0 fully saturated rings. The summed E-state index contributed by atoms with van der Waals surface area (Å²) < 4.78 is 11.0. The van der Waals surface area contributed by atoms with Crippen LogP contribution in [0.5, 0.6) is 11.5 Å². The van der Waals surface area contributed by atoms with E-state index in [1.54, 1.807) is 0 Å². The fourth-order valence-electron chi connectivity index (χ4n) is 2.64. The number of benzene rings is 2. The summed E-state index contributed by atoms with van der Waals surface area (Å²) in [6.07, 6.45) is -1.61. The standard InChI is InChI=1S/C21H27ClO5S/c1-21(2,14-3-6-18(7-4-14)26-12-16(24)10-22)15-5-8-19(20(28)9-15)27-13-17(25)11-23/h3-9,16-17,23-25,28H,10-13H2,1-2H3. The topological polar surface area (TPSA) is 79.2 Å². The molecular weight excluding hydrogens is 400 g/mol. The fourth-order valence-corrected chi connectivity index (χ4v) is 3.01. The summed E-state index contributed by atoms with van der Waals surface area (Å²) in [5.74, 6) is 1.36. The van der Waals surface area contributed by atoms with Gasteiger partial charge in [-0.15, -0.1) is 24.2 Å². The molecule has 0 aromatic heterocycles. The van der Waals surface area contributed by atoms with Crippen molar-refractivity contribution in [1.29, 1.82) is 0 Å². The summed E-state index contributed by atoms with van der Waals surface area (Å²) in [5.41, 5.74) is 1.86. The van der Waals surface area contributed by atoms with E-state index >= 15 is 0 Å². The van der Waals surface area contributed by atoms with Crippen LogP contribution in [0, 0.1) is 0 Å². The maximum Gasteiger partial charge on any atom is 0.132 e. The molecule has 0 bridgehead atoms. The van der Waals surface area contributed by atoms with Gasteiger partial charge in [-0.2, -0.15) is 0 Å². The first-order chi connectivity index (χ1) is 13.3. The maximum absolute atomic E-state index is 9.48. The SMILES string of the molecule is CC(C)(c1ccc(OCC(O)CCl)cc1)c1ccc(OCC(O)CO)c(S)c1. The molecule has 2 atom stereocenters. The van der Waals surface area contributed by atoms with Crippen LogP contribution in [0.4, 0.5) is 0 Å². The second kappa shape index (κ2) is 10.4. The van der Waals surface area contributed by atoms with Crippen LogP contribution in [0.25, 0.3) is 0 Å². The van der Waals surface area contributed by atoms with Gasteiger partial charge in [-0.05, 0) is 35.4 Å². The van der Waals surface area contributed by atoms with E-state index in [9.17, 15) is 10.2 Å². The number of aliphatic hydroxyl groups excluding tert-OH is 3. The van der Waals surface area contributed by atoms with Crippen molar-refractivity contribution in [1.82, 2.24) is 0 Å². The average Bonchev–Trinajstić information content (AvgIpc) is 2.70. The Morgan fingerprint density at radius 3 is 2.14 bits per heavy atom. The summed E-state index contributed by atoms with van der Waals surface area (Å²) >= 11 is 10.1. The van der Waals surface area contributed by atoms with Crippen molar-refractivity contribution in [2.75, 3.05) is 25.7 Å². The van der Waals surface area contributed by atoms with Gasteiger partial charge in [0.2, 0.25) is 0 Å². The maximum atomic E-state index is 9.48. The fraction of sp³-hybridized carbons (Fsp3) is 0.429. The van der Waals surface area contributed by atoms with Crippen LogP contribution in [0.2, 0.25) is 0 Å². The number of aliphatic hydroxyl groups is 3. The van der Waals surface area contributed by atoms with Crippen LogP contribution in [0.1, 0.15) is 25.0 Å². The first-order valence-electron chi connectivity index (χ1n) is 9.00. The highest BCUT2D eigenvalue weighted by Gasteiger charge is 2.24. The van der Waals surface area contributed by atoms with Gasteiger partial charge < -0.3 is 24.8 Å². The molecule has 2 rings (SSSR count). The van der Waals surface area contributed by atoms with Crippen LogP contribution in [0.3, 0.4) is 0 Å². The number of halogens is 1. The van der Waals surface area contributed by atoms with E-state index in [4.69, 9.17) is 26.2 Å². The minimum absolute atomic E-state index is 0.00662. The molecule has 0 amide bonds. The zero-order valence-corrected chi connectivity index (χ0v) is 17.7. The number of rotatable bonds is 10. The van der Waals surface area contributed by atoms with Gasteiger partial charge in [0.15, 0.2) is 0 Å². The average molecular weight is 427 g/mol. The van der Waals surface area contributed by atoms with E-state index in [1.165, 1.54) is 0 Å². The van der Waals surface area contributed by atoms with E-state index in [0.29, 0.717) is 16.4 Å². The van der Waals surface area contributed by atoms with E-state index in [0.717, 1.165) is 11.1 Å². The van der Waals surface area contributed by atoms with Crippen molar-refractivity contribution in [3.63, 3.8) is 0 Å². The molecule has 0 heterocycles. The van der Waals surface area contributed by atoms with Crippen LogP contribution in [0.15, 0.2) is 47.4 Å². The number of alkyl halides is 1. The lowest BCUT2D eigenvalue weighted by Crippen LogP contribution is -2.22. The van der Waals surface area contributed by atoms with Crippen LogP contribution >= 0.6 is 24.2 Å². The smallest absolute Gasteiger partial charge is 0.132 e. The van der Waals surface area contributed by atoms with Crippen LogP contribution < -0.4 is 9.47 Å². The molecule has 0 aliphatic carbocycles. The minimum Gasteiger partial charge on any atom is -0.491 e. The molecule has 2 aromatic carbocycles. The number of hydrogen-bond acceptors (Lipinski definition) is 6. The number of ether oxygens (including phenoxy) is 2. The first kappa shape index (κ1) is 22.8. The monoisotopic (exact) mass is 426 g/mol. The Morgan fingerprint density at radius 2 is 1.57 bits per heavy atom. The van der Waals surface area contributed by atoms with E-state index in [2.05, 4.69) is 26.5 Å². The summed E-state index contributed by atoms with van der Waals surface area (Å²) in [6.45, 7) is 4.03. The highest BCUT2D eigenvalue weighted by molar-refractivity contribution is 7.80. The predicted molar refractivity (Wildman–Crippen MR) is 113 cm³/mol.